The Morgan fingerprint density at radius 1 is 1.20 bits per heavy atom. The predicted octanol–water partition coefficient (Wildman–Crippen LogP) is 2.25. The quantitative estimate of drug-likeness (QED) is 0.717. The maximum atomic E-state index is 11.5. The lowest BCUT2D eigenvalue weighted by Crippen LogP contribution is -2.19. The van der Waals surface area contributed by atoms with Crippen LogP contribution >= 0.6 is 0 Å². The number of hydrogen-bond donors (Lipinski definition) is 0. The van der Waals surface area contributed by atoms with Gasteiger partial charge in [-0.05, 0) is 37.6 Å². The highest BCUT2D eigenvalue weighted by Crippen LogP contribution is 2.15. The molecule has 0 bridgehead atoms. The van der Waals surface area contributed by atoms with E-state index in [9.17, 15) is 9.59 Å². The summed E-state index contributed by atoms with van der Waals surface area (Å²) in [6.45, 7) is 2.89. The fourth-order valence-corrected chi connectivity index (χ4v) is 1.76. The first-order valence-electron chi connectivity index (χ1n) is 6.63. The van der Waals surface area contributed by atoms with Crippen molar-refractivity contribution in [2.24, 2.45) is 0 Å². The Hall–Kier alpha value is -2.04. The van der Waals surface area contributed by atoms with Gasteiger partial charge in [0, 0.05) is 25.7 Å². The van der Waals surface area contributed by atoms with Crippen molar-refractivity contribution < 1.29 is 19.1 Å². The number of benzene rings is 1. The second kappa shape index (κ2) is 8.19. The Kier molecular flexibility index (Phi) is 6.56. The molecule has 0 unspecified atom stereocenters. The number of methoxy groups -OCH3 is 1. The number of nitrogens with zero attached hydrogens (tertiary/aromatic N) is 1. The lowest BCUT2D eigenvalue weighted by atomic mass is 10.2. The van der Waals surface area contributed by atoms with E-state index < -0.39 is 0 Å². The fraction of sp³-hybridized carbons (Fsp3) is 0.467. The molecule has 0 fully saturated rings. The zero-order valence-corrected chi connectivity index (χ0v) is 12.2. The number of ether oxygens (including phenoxy) is 2. The molecule has 0 aliphatic rings. The average Bonchev–Trinajstić information content (AvgIpc) is 2.47. The molecular weight excluding hydrogens is 258 g/mol. The van der Waals surface area contributed by atoms with Crippen LogP contribution in [0.2, 0.25) is 0 Å². The maximum absolute atomic E-state index is 11.5. The molecule has 5 nitrogen and oxygen atoms in total. The van der Waals surface area contributed by atoms with Gasteiger partial charge in [0.25, 0.3) is 0 Å². The normalized spacial score (nSPS) is 9.95. The minimum Gasteiger partial charge on any atom is -0.469 e. The van der Waals surface area contributed by atoms with E-state index in [1.165, 1.54) is 7.11 Å². The highest BCUT2D eigenvalue weighted by atomic mass is 16.5. The Labute approximate surface area is 119 Å². The summed E-state index contributed by atoms with van der Waals surface area (Å²) in [7, 11) is 3.33. The molecule has 0 aliphatic heterocycles. The van der Waals surface area contributed by atoms with Crippen LogP contribution in [0.5, 0.6) is 0 Å². The smallest absolute Gasteiger partial charge is 0.338 e. The number of anilines is 1. The van der Waals surface area contributed by atoms with Gasteiger partial charge < -0.3 is 14.4 Å². The number of hydrogen-bond acceptors (Lipinski definition) is 5. The second-order valence-electron chi connectivity index (χ2n) is 4.37. The fourth-order valence-electron chi connectivity index (χ4n) is 1.76. The first-order chi connectivity index (χ1) is 9.58. The van der Waals surface area contributed by atoms with E-state index >= 15 is 0 Å². The van der Waals surface area contributed by atoms with Crippen LogP contribution in [-0.2, 0) is 14.3 Å². The van der Waals surface area contributed by atoms with Crippen molar-refractivity contribution in [2.45, 2.75) is 19.8 Å². The van der Waals surface area contributed by atoms with Gasteiger partial charge in [-0.3, -0.25) is 4.79 Å². The summed E-state index contributed by atoms with van der Waals surface area (Å²) in [5.41, 5.74) is 1.53. The molecule has 5 heteroatoms. The molecule has 20 heavy (non-hydrogen) atoms. The molecule has 0 amide bonds. The molecule has 0 aromatic heterocycles. The predicted molar refractivity (Wildman–Crippen MR) is 76.9 cm³/mol. The SMILES string of the molecule is CCOC(=O)c1ccc(N(C)CCCC(=O)OC)cc1. The average molecular weight is 279 g/mol. The molecule has 0 radical (unpaired) electrons. The van der Waals surface area contributed by atoms with Crippen LogP contribution in [0, 0.1) is 0 Å². The third-order valence-electron chi connectivity index (χ3n) is 2.92. The first kappa shape index (κ1) is 16.0. The molecular formula is C15H21NO4. The van der Waals surface area contributed by atoms with Crippen molar-refractivity contribution in [3.05, 3.63) is 29.8 Å². The van der Waals surface area contributed by atoms with Crippen molar-refractivity contribution in [1.29, 1.82) is 0 Å². The minimum absolute atomic E-state index is 0.198. The topological polar surface area (TPSA) is 55.8 Å². The molecule has 0 aliphatic carbocycles. The molecule has 1 aromatic rings. The molecule has 0 N–H and O–H groups in total. The zero-order chi connectivity index (χ0) is 15.0. The Bertz CT molecular complexity index is 442. The van der Waals surface area contributed by atoms with Gasteiger partial charge in [-0.1, -0.05) is 0 Å². The van der Waals surface area contributed by atoms with Gasteiger partial charge >= 0.3 is 11.9 Å². The molecule has 1 rings (SSSR count). The third kappa shape index (κ3) is 4.91. The maximum Gasteiger partial charge on any atom is 0.338 e. The highest BCUT2D eigenvalue weighted by molar-refractivity contribution is 5.89. The van der Waals surface area contributed by atoms with E-state index in [1.807, 2.05) is 24.1 Å². The monoisotopic (exact) mass is 279 g/mol. The summed E-state index contributed by atoms with van der Waals surface area (Å²) in [5, 5.41) is 0. The molecule has 0 atom stereocenters. The van der Waals surface area contributed by atoms with Gasteiger partial charge in [0.1, 0.15) is 0 Å². The summed E-state index contributed by atoms with van der Waals surface area (Å²) >= 11 is 0. The summed E-state index contributed by atoms with van der Waals surface area (Å²) in [5.74, 6) is -0.511. The number of rotatable bonds is 7. The molecule has 1 aromatic carbocycles. The van der Waals surface area contributed by atoms with Crippen molar-refractivity contribution in [3.8, 4) is 0 Å². The van der Waals surface area contributed by atoms with Gasteiger partial charge in [-0.2, -0.15) is 0 Å². The van der Waals surface area contributed by atoms with Crippen LogP contribution in [0.1, 0.15) is 30.1 Å². The third-order valence-corrected chi connectivity index (χ3v) is 2.92. The van der Waals surface area contributed by atoms with Crippen molar-refractivity contribution in [1.82, 2.24) is 0 Å². The number of esters is 2. The minimum atomic E-state index is -0.313. The van der Waals surface area contributed by atoms with Crippen LogP contribution in [0.25, 0.3) is 0 Å². The van der Waals surface area contributed by atoms with Gasteiger partial charge in [-0.15, -0.1) is 0 Å². The van der Waals surface area contributed by atoms with E-state index in [1.54, 1.807) is 19.1 Å². The van der Waals surface area contributed by atoms with Crippen molar-refractivity contribution in [3.63, 3.8) is 0 Å². The largest absolute Gasteiger partial charge is 0.469 e. The summed E-state index contributed by atoms with van der Waals surface area (Å²) in [6.07, 6.45) is 1.13. The van der Waals surface area contributed by atoms with Crippen LogP contribution in [-0.4, -0.2) is 39.2 Å². The Balaban J connectivity index is 2.50. The van der Waals surface area contributed by atoms with E-state index in [2.05, 4.69) is 4.74 Å². The van der Waals surface area contributed by atoms with Crippen LogP contribution in [0.4, 0.5) is 5.69 Å². The Morgan fingerprint density at radius 2 is 1.85 bits per heavy atom. The molecule has 0 heterocycles. The van der Waals surface area contributed by atoms with Crippen LogP contribution < -0.4 is 4.90 Å². The van der Waals surface area contributed by atoms with Crippen LogP contribution in [0.3, 0.4) is 0 Å². The van der Waals surface area contributed by atoms with Gasteiger partial charge in [0.15, 0.2) is 0 Å². The summed E-state index contributed by atoms with van der Waals surface area (Å²) in [4.78, 5) is 24.6. The molecule has 0 saturated heterocycles. The lowest BCUT2D eigenvalue weighted by Gasteiger charge is -2.19. The molecule has 0 spiro atoms. The van der Waals surface area contributed by atoms with Gasteiger partial charge in [0.05, 0.1) is 19.3 Å². The van der Waals surface area contributed by atoms with E-state index in [0.29, 0.717) is 18.6 Å². The lowest BCUT2D eigenvalue weighted by molar-refractivity contribution is -0.140. The van der Waals surface area contributed by atoms with Gasteiger partial charge in [-0.25, -0.2) is 4.79 Å². The summed E-state index contributed by atoms with van der Waals surface area (Å²) < 4.78 is 9.52. The zero-order valence-electron chi connectivity index (χ0n) is 12.2. The van der Waals surface area contributed by atoms with E-state index in [-0.39, 0.29) is 11.9 Å². The highest BCUT2D eigenvalue weighted by Gasteiger charge is 2.08. The summed E-state index contributed by atoms with van der Waals surface area (Å²) in [6, 6.07) is 7.21. The molecule has 110 valence electrons. The van der Waals surface area contributed by atoms with Crippen molar-refractivity contribution >= 4 is 17.6 Å². The van der Waals surface area contributed by atoms with Crippen LogP contribution in [0.15, 0.2) is 24.3 Å². The first-order valence-corrected chi connectivity index (χ1v) is 6.63. The van der Waals surface area contributed by atoms with Gasteiger partial charge in [0.2, 0.25) is 0 Å². The number of carbonyl (C=O) groups excluding carboxylic acids is 2. The molecule has 0 saturated carbocycles. The Morgan fingerprint density at radius 3 is 2.40 bits per heavy atom. The van der Waals surface area contributed by atoms with E-state index in [0.717, 1.165) is 18.7 Å². The standard InChI is InChI=1S/C15H21NO4/c1-4-20-15(18)12-7-9-13(10-8-12)16(2)11-5-6-14(17)19-3/h7-10H,4-6,11H2,1-3H3. The number of carbonyl (C=O) groups is 2. The second-order valence-corrected chi connectivity index (χ2v) is 4.37. The van der Waals surface area contributed by atoms with E-state index in [4.69, 9.17) is 4.74 Å². The van der Waals surface area contributed by atoms with Crippen molar-refractivity contribution in [2.75, 3.05) is 32.2 Å².